The van der Waals surface area contributed by atoms with Crippen LogP contribution >= 0.6 is 31.9 Å². The smallest absolute Gasteiger partial charge is 0.245 e. The van der Waals surface area contributed by atoms with Crippen LogP contribution in [0.4, 0.5) is 0 Å². The third-order valence-corrected chi connectivity index (χ3v) is 6.03. The maximum Gasteiger partial charge on any atom is 0.245 e. The molecule has 2 fully saturated rings. The first-order valence-corrected chi connectivity index (χ1v) is 8.74. The Labute approximate surface area is 146 Å². The molecule has 120 valence electrons. The molecule has 1 aromatic carbocycles. The van der Waals surface area contributed by atoms with E-state index in [1.807, 2.05) is 12.1 Å². The van der Waals surface area contributed by atoms with Crippen LogP contribution in [0, 0.1) is 0 Å². The van der Waals surface area contributed by atoms with Crippen LogP contribution in [0.2, 0.25) is 0 Å². The van der Waals surface area contributed by atoms with Gasteiger partial charge < -0.3 is 20.1 Å². The van der Waals surface area contributed by atoms with Crippen LogP contribution in [0.3, 0.4) is 0 Å². The van der Waals surface area contributed by atoms with Gasteiger partial charge >= 0.3 is 0 Å². The van der Waals surface area contributed by atoms with Crippen LogP contribution < -0.4 is 10.1 Å². The molecule has 22 heavy (non-hydrogen) atoms. The van der Waals surface area contributed by atoms with Crippen LogP contribution in [-0.2, 0) is 4.79 Å². The van der Waals surface area contributed by atoms with Gasteiger partial charge in [0.1, 0.15) is 17.5 Å². The molecule has 3 atom stereocenters. The second-order valence-corrected chi connectivity index (χ2v) is 7.53. The Morgan fingerprint density at radius 3 is 2.73 bits per heavy atom. The molecule has 2 heterocycles. The maximum absolute atomic E-state index is 12.7. The van der Waals surface area contributed by atoms with Crippen molar-refractivity contribution in [2.24, 2.45) is 0 Å². The number of rotatable bonds is 2. The summed E-state index contributed by atoms with van der Waals surface area (Å²) in [5, 5.41) is 14.0. The summed E-state index contributed by atoms with van der Waals surface area (Å²) in [6.45, 7) is 0.786. The molecular formula is C15H18Br2N2O3. The molecule has 1 amide bonds. The number of nitrogens with zero attached hydrogens (tertiary/aromatic N) is 1. The van der Waals surface area contributed by atoms with Gasteiger partial charge in [0.25, 0.3) is 0 Å². The molecule has 1 aromatic rings. The lowest BCUT2D eigenvalue weighted by Gasteiger charge is -2.30. The summed E-state index contributed by atoms with van der Waals surface area (Å²) in [4.78, 5) is 14.1. The molecule has 0 aromatic heterocycles. The molecule has 0 radical (unpaired) electrons. The number of hydrogen-bond donors (Lipinski definition) is 2. The zero-order valence-electron chi connectivity index (χ0n) is 12.4. The Morgan fingerprint density at radius 2 is 2.14 bits per heavy atom. The molecule has 2 saturated heterocycles. The van der Waals surface area contributed by atoms with E-state index in [4.69, 9.17) is 4.74 Å². The summed E-state index contributed by atoms with van der Waals surface area (Å²) in [6, 6.07) is 3.78. The van der Waals surface area contributed by atoms with E-state index in [0.717, 1.165) is 33.9 Å². The molecule has 5 nitrogen and oxygen atoms in total. The number of aliphatic hydroxyl groups excluding tert-OH is 1. The van der Waals surface area contributed by atoms with Gasteiger partial charge in [0.2, 0.25) is 5.91 Å². The van der Waals surface area contributed by atoms with Crippen molar-refractivity contribution in [2.45, 2.75) is 30.5 Å². The number of nitrogens with one attached hydrogen (secondary N) is 1. The molecule has 2 aliphatic rings. The largest absolute Gasteiger partial charge is 0.496 e. The first-order chi connectivity index (χ1) is 10.4. The second-order valence-electron chi connectivity index (χ2n) is 5.82. The number of methoxy groups -OCH3 is 1. The predicted octanol–water partition coefficient (Wildman–Crippen LogP) is 2.22. The van der Waals surface area contributed by atoms with Crippen molar-refractivity contribution in [3.63, 3.8) is 0 Å². The highest BCUT2D eigenvalue weighted by Gasteiger charge is 2.59. The van der Waals surface area contributed by atoms with E-state index in [0.29, 0.717) is 5.75 Å². The number of ether oxygens (including phenoxy) is 1. The molecule has 0 saturated carbocycles. The Hall–Kier alpha value is -0.630. The van der Waals surface area contributed by atoms with E-state index >= 15 is 0 Å². The molecule has 2 aliphatic heterocycles. The number of amides is 1. The van der Waals surface area contributed by atoms with Crippen molar-refractivity contribution < 1.29 is 14.6 Å². The van der Waals surface area contributed by atoms with Crippen LogP contribution in [0.25, 0.3) is 0 Å². The minimum Gasteiger partial charge on any atom is -0.496 e. The van der Waals surface area contributed by atoms with Gasteiger partial charge in [-0.3, -0.25) is 4.79 Å². The van der Waals surface area contributed by atoms with Gasteiger partial charge in [-0.2, -0.15) is 0 Å². The van der Waals surface area contributed by atoms with Crippen molar-refractivity contribution in [1.82, 2.24) is 10.2 Å². The van der Waals surface area contributed by atoms with E-state index in [1.165, 1.54) is 4.90 Å². The van der Waals surface area contributed by atoms with Crippen molar-refractivity contribution >= 4 is 37.8 Å². The zero-order chi connectivity index (χ0) is 16.1. The first-order valence-electron chi connectivity index (χ1n) is 7.15. The fourth-order valence-corrected chi connectivity index (χ4v) is 5.03. The summed E-state index contributed by atoms with van der Waals surface area (Å²) in [7, 11) is 3.25. The molecule has 2 N–H and O–H groups in total. The molecule has 3 rings (SSSR count). The van der Waals surface area contributed by atoms with Gasteiger partial charge in [0.15, 0.2) is 0 Å². The lowest BCUT2D eigenvalue weighted by atomic mass is 9.79. The predicted molar refractivity (Wildman–Crippen MR) is 89.9 cm³/mol. The summed E-state index contributed by atoms with van der Waals surface area (Å²) < 4.78 is 7.04. The standard InChI is InChI=1S/C15H18Br2N2O3/c1-19-13(20)12(15(14(19)21)4-3-5-18-15)8-6-11(22-2)10(17)7-9(8)16/h6-7,12-13,18,20H,3-5H2,1-2H3/t12-,13-,15-/m1/s1. The average Bonchev–Trinajstić information content (AvgIpc) is 3.03. The molecule has 0 bridgehead atoms. The second kappa shape index (κ2) is 5.78. The van der Waals surface area contributed by atoms with E-state index < -0.39 is 11.8 Å². The number of hydrogen-bond acceptors (Lipinski definition) is 4. The number of carbonyl (C=O) groups is 1. The minimum atomic E-state index is -0.861. The lowest BCUT2D eigenvalue weighted by molar-refractivity contribution is -0.135. The quantitative estimate of drug-likeness (QED) is 0.750. The van der Waals surface area contributed by atoms with Crippen molar-refractivity contribution in [1.29, 1.82) is 0 Å². The van der Waals surface area contributed by atoms with Crippen molar-refractivity contribution in [3.8, 4) is 5.75 Å². The van der Waals surface area contributed by atoms with Gasteiger partial charge in [-0.1, -0.05) is 15.9 Å². The van der Waals surface area contributed by atoms with Crippen LogP contribution in [-0.4, -0.2) is 48.4 Å². The fraction of sp³-hybridized carbons (Fsp3) is 0.533. The number of likely N-dealkylation sites (N-methyl/N-ethyl adjacent to an activating group) is 1. The summed E-state index contributed by atoms with van der Waals surface area (Å²) in [5.41, 5.74) is 0.148. The average molecular weight is 434 g/mol. The third-order valence-electron chi connectivity index (χ3n) is 4.72. The maximum atomic E-state index is 12.7. The molecular weight excluding hydrogens is 416 g/mol. The highest BCUT2D eigenvalue weighted by atomic mass is 79.9. The van der Waals surface area contributed by atoms with Gasteiger partial charge in [0.05, 0.1) is 17.5 Å². The molecule has 7 heteroatoms. The van der Waals surface area contributed by atoms with Crippen LogP contribution in [0.15, 0.2) is 21.1 Å². The zero-order valence-corrected chi connectivity index (χ0v) is 15.6. The molecule has 0 unspecified atom stereocenters. The van der Waals surface area contributed by atoms with Crippen LogP contribution in [0.1, 0.15) is 24.3 Å². The van der Waals surface area contributed by atoms with Crippen molar-refractivity contribution in [2.75, 3.05) is 20.7 Å². The third kappa shape index (κ3) is 2.21. The normalized spacial score (nSPS) is 31.3. The Bertz CT molecular complexity index is 617. The fourth-order valence-electron chi connectivity index (χ4n) is 3.63. The topological polar surface area (TPSA) is 61.8 Å². The Morgan fingerprint density at radius 1 is 1.41 bits per heavy atom. The SMILES string of the molecule is COc1cc([C@@H]2[C@@H](O)N(C)C(=O)[C@@]23CCCN3)c(Br)cc1Br. The number of likely N-dealkylation sites (tertiary alicyclic amines) is 1. The highest BCUT2D eigenvalue weighted by molar-refractivity contribution is 9.11. The minimum absolute atomic E-state index is 0.0451. The number of benzene rings is 1. The van der Waals surface area contributed by atoms with Crippen molar-refractivity contribution in [3.05, 3.63) is 26.6 Å². The highest BCUT2D eigenvalue weighted by Crippen LogP contribution is 2.48. The van der Waals surface area contributed by atoms with E-state index in [1.54, 1.807) is 14.2 Å². The lowest BCUT2D eigenvalue weighted by Crippen LogP contribution is -2.50. The van der Waals surface area contributed by atoms with Crippen LogP contribution in [0.5, 0.6) is 5.75 Å². The Kier molecular flexibility index (Phi) is 4.26. The van der Waals surface area contributed by atoms with E-state index in [-0.39, 0.29) is 11.8 Å². The monoisotopic (exact) mass is 432 g/mol. The summed E-state index contributed by atoms with van der Waals surface area (Å²) in [5.74, 6) is 0.292. The van der Waals surface area contributed by atoms with E-state index in [2.05, 4.69) is 37.2 Å². The Balaban J connectivity index is 2.15. The first kappa shape index (κ1) is 16.2. The number of halogens is 2. The van der Waals surface area contributed by atoms with Gasteiger partial charge in [0, 0.05) is 11.5 Å². The van der Waals surface area contributed by atoms with Gasteiger partial charge in [-0.05, 0) is 53.0 Å². The molecule has 0 aliphatic carbocycles. The van der Waals surface area contributed by atoms with Gasteiger partial charge in [-0.15, -0.1) is 0 Å². The number of aliphatic hydroxyl groups is 1. The summed E-state index contributed by atoms with van der Waals surface area (Å²) in [6.07, 6.45) is 0.789. The number of carbonyl (C=O) groups excluding carboxylic acids is 1. The van der Waals surface area contributed by atoms with E-state index in [9.17, 15) is 9.90 Å². The van der Waals surface area contributed by atoms with Gasteiger partial charge in [-0.25, -0.2) is 0 Å². The molecule has 1 spiro atoms. The summed E-state index contributed by atoms with van der Waals surface area (Å²) >= 11 is 7.02.